The van der Waals surface area contributed by atoms with E-state index in [1.165, 1.54) is 17.2 Å². The van der Waals surface area contributed by atoms with Crippen LogP contribution in [0.2, 0.25) is 0 Å². The van der Waals surface area contributed by atoms with Gasteiger partial charge in [0.2, 0.25) is 0 Å². The molecule has 2 unspecified atom stereocenters. The lowest BCUT2D eigenvalue weighted by molar-refractivity contribution is -0.0511. The first-order valence-corrected chi connectivity index (χ1v) is 9.45. The lowest BCUT2D eigenvalue weighted by atomic mass is 10.0. The van der Waals surface area contributed by atoms with E-state index in [0.717, 1.165) is 0 Å². The van der Waals surface area contributed by atoms with Gasteiger partial charge in [-0.3, -0.25) is 4.57 Å². The monoisotopic (exact) mass is 417 g/mol. The fourth-order valence-electron chi connectivity index (χ4n) is 3.54. The Bertz CT molecular complexity index is 986. The number of rotatable bonds is 7. The summed E-state index contributed by atoms with van der Waals surface area (Å²) in [6.45, 7) is -0.810. The van der Waals surface area contributed by atoms with E-state index < -0.39 is 43.3 Å². The molecule has 6 atom stereocenters. The van der Waals surface area contributed by atoms with Crippen molar-refractivity contribution in [1.29, 1.82) is 0 Å². The number of nitrogens with one attached hydrogen (secondary N) is 1. The van der Waals surface area contributed by atoms with Crippen LogP contribution in [-0.4, -0.2) is 82.6 Å². The molecule has 3 aromatic rings. The molecular weight excluding hydrogens is 394 g/mol. The fourth-order valence-corrected chi connectivity index (χ4v) is 3.54. The Kier molecular flexibility index (Phi) is 5.90. The van der Waals surface area contributed by atoms with Crippen molar-refractivity contribution in [2.45, 2.75) is 36.7 Å². The Hall–Kier alpha value is -2.67. The smallest absolute Gasteiger partial charge is 0.167 e. The van der Waals surface area contributed by atoms with Gasteiger partial charge in [-0.05, 0) is 5.56 Å². The van der Waals surface area contributed by atoms with Crippen molar-refractivity contribution in [3.05, 3.63) is 48.5 Å². The second-order valence-electron chi connectivity index (χ2n) is 7.06. The minimum Gasteiger partial charge on any atom is -0.394 e. The SMILES string of the molecule is OC[C@H](Nc1ncnc2c1ncn2[C@@H]1O[C@H](CO)C(O)C1O)[C@@H](O)c1ccccc1. The molecule has 1 aromatic carbocycles. The van der Waals surface area contributed by atoms with Crippen LogP contribution in [-0.2, 0) is 4.74 Å². The molecule has 11 heteroatoms. The van der Waals surface area contributed by atoms with Gasteiger partial charge in [0, 0.05) is 0 Å². The van der Waals surface area contributed by atoms with Crippen molar-refractivity contribution in [3.8, 4) is 0 Å². The van der Waals surface area contributed by atoms with Crippen LogP contribution < -0.4 is 5.32 Å². The number of hydrogen-bond acceptors (Lipinski definition) is 10. The maximum atomic E-state index is 10.6. The molecule has 0 radical (unpaired) electrons. The molecule has 0 saturated carbocycles. The summed E-state index contributed by atoms with van der Waals surface area (Å²) < 4.78 is 6.98. The summed E-state index contributed by atoms with van der Waals surface area (Å²) in [5.41, 5.74) is 1.27. The fraction of sp³-hybridized carbons (Fsp3) is 0.421. The van der Waals surface area contributed by atoms with E-state index in [0.29, 0.717) is 16.7 Å². The van der Waals surface area contributed by atoms with Crippen LogP contribution in [0.5, 0.6) is 0 Å². The first kappa shape index (κ1) is 20.6. The number of aliphatic hydroxyl groups is 5. The quantitative estimate of drug-likeness (QED) is 0.279. The van der Waals surface area contributed by atoms with Crippen LogP contribution in [0.1, 0.15) is 17.9 Å². The number of hydrogen-bond donors (Lipinski definition) is 6. The van der Waals surface area contributed by atoms with Gasteiger partial charge in [0.1, 0.15) is 30.7 Å². The summed E-state index contributed by atoms with van der Waals surface area (Å²) >= 11 is 0. The Labute approximate surface area is 171 Å². The lowest BCUT2D eigenvalue weighted by Gasteiger charge is -2.23. The average molecular weight is 417 g/mol. The van der Waals surface area contributed by atoms with E-state index in [1.54, 1.807) is 24.3 Å². The van der Waals surface area contributed by atoms with Crippen LogP contribution in [0.15, 0.2) is 43.0 Å². The Balaban J connectivity index is 1.62. The second kappa shape index (κ2) is 8.60. The molecule has 1 aliphatic heterocycles. The highest BCUT2D eigenvalue weighted by molar-refractivity contribution is 5.82. The molecule has 11 nitrogen and oxygen atoms in total. The van der Waals surface area contributed by atoms with Gasteiger partial charge in [0.15, 0.2) is 23.2 Å². The standard InChI is InChI=1S/C19H23N5O6/c25-6-11(14(27)10-4-2-1-3-5-10)23-17-13-18(21-8-20-17)24(9-22-13)19-16(29)15(28)12(7-26)30-19/h1-5,8-9,11-12,14-16,19,25-29H,6-7H2,(H,20,21,23)/t11-,12+,14-,15?,16?,19+/m0/s1. The molecule has 1 aliphatic rings. The first-order chi connectivity index (χ1) is 14.5. The largest absolute Gasteiger partial charge is 0.394 e. The molecule has 1 saturated heterocycles. The first-order valence-electron chi connectivity index (χ1n) is 9.45. The van der Waals surface area contributed by atoms with Crippen LogP contribution in [0.3, 0.4) is 0 Å². The van der Waals surface area contributed by atoms with Gasteiger partial charge in [0.25, 0.3) is 0 Å². The Morgan fingerprint density at radius 3 is 2.50 bits per heavy atom. The number of aliphatic hydroxyl groups excluding tert-OH is 5. The zero-order valence-corrected chi connectivity index (χ0v) is 15.9. The molecule has 30 heavy (non-hydrogen) atoms. The van der Waals surface area contributed by atoms with E-state index in [9.17, 15) is 25.5 Å². The van der Waals surface area contributed by atoms with Crippen molar-refractivity contribution in [1.82, 2.24) is 19.5 Å². The van der Waals surface area contributed by atoms with E-state index in [4.69, 9.17) is 4.74 Å². The van der Waals surface area contributed by atoms with Crippen LogP contribution in [0.4, 0.5) is 5.82 Å². The molecular formula is C19H23N5O6. The highest BCUT2D eigenvalue weighted by Crippen LogP contribution is 2.32. The molecule has 1 fully saturated rings. The molecule has 2 aromatic heterocycles. The van der Waals surface area contributed by atoms with Crippen molar-refractivity contribution in [2.24, 2.45) is 0 Å². The van der Waals surface area contributed by atoms with E-state index >= 15 is 0 Å². The van der Waals surface area contributed by atoms with Crippen LogP contribution in [0.25, 0.3) is 11.2 Å². The number of aromatic nitrogens is 4. The van der Waals surface area contributed by atoms with Crippen molar-refractivity contribution < 1.29 is 30.3 Å². The van der Waals surface area contributed by atoms with Crippen LogP contribution in [0, 0.1) is 0 Å². The summed E-state index contributed by atoms with van der Waals surface area (Å²) in [5.74, 6) is 0.277. The zero-order valence-electron chi connectivity index (χ0n) is 15.9. The van der Waals surface area contributed by atoms with Crippen molar-refractivity contribution in [2.75, 3.05) is 18.5 Å². The predicted octanol–water partition coefficient (Wildman–Crippen LogP) is -1.06. The van der Waals surface area contributed by atoms with Gasteiger partial charge in [-0.15, -0.1) is 0 Å². The van der Waals surface area contributed by atoms with Crippen molar-refractivity contribution >= 4 is 17.0 Å². The van der Waals surface area contributed by atoms with E-state index in [-0.39, 0.29) is 12.4 Å². The van der Waals surface area contributed by atoms with E-state index in [2.05, 4.69) is 20.3 Å². The minimum absolute atomic E-state index is 0.277. The highest BCUT2D eigenvalue weighted by atomic mass is 16.6. The maximum absolute atomic E-state index is 10.6. The summed E-state index contributed by atoms with van der Waals surface area (Å²) in [6, 6.07) is 8.15. The molecule has 0 aliphatic carbocycles. The average Bonchev–Trinajstić information content (AvgIpc) is 3.33. The number of anilines is 1. The number of ether oxygens (including phenoxy) is 1. The van der Waals surface area contributed by atoms with Gasteiger partial charge in [-0.2, -0.15) is 0 Å². The number of benzene rings is 1. The van der Waals surface area contributed by atoms with Crippen molar-refractivity contribution in [3.63, 3.8) is 0 Å². The van der Waals surface area contributed by atoms with Gasteiger partial charge in [0.05, 0.1) is 25.6 Å². The normalized spacial score (nSPS) is 26.0. The molecule has 160 valence electrons. The molecule has 6 N–H and O–H groups in total. The number of imidazole rings is 1. The third kappa shape index (κ3) is 3.62. The lowest BCUT2D eigenvalue weighted by Crippen LogP contribution is -2.33. The van der Waals surface area contributed by atoms with Gasteiger partial charge in [-0.1, -0.05) is 30.3 Å². The Morgan fingerprint density at radius 2 is 1.83 bits per heavy atom. The van der Waals surface area contributed by atoms with Gasteiger partial charge >= 0.3 is 0 Å². The highest BCUT2D eigenvalue weighted by Gasteiger charge is 2.44. The number of nitrogens with zero attached hydrogens (tertiary/aromatic N) is 4. The number of fused-ring (bicyclic) bond motifs is 1. The summed E-state index contributed by atoms with van der Waals surface area (Å²) in [6.07, 6.45) is -2.80. The maximum Gasteiger partial charge on any atom is 0.167 e. The van der Waals surface area contributed by atoms with Crippen LogP contribution >= 0.6 is 0 Å². The Morgan fingerprint density at radius 1 is 1.07 bits per heavy atom. The van der Waals surface area contributed by atoms with Gasteiger partial charge in [-0.25, -0.2) is 15.0 Å². The second-order valence-corrected chi connectivity index (χ2v) is 7.06. The molecule has 0 bridgehead atoms. The third-order valence-corrected chi connectivity index (χ3v) is 5.19. The molecule has 0 spiro atoms. The summed E-state index contributed by atoms with van der Waals surface area (Å²) in [5, 5.41) is 53.0. The third-order valence-electron chi connectivity index (χ3n) is 5.19. The minimum atomic E-state index is -1.28. The summed E-state index contributed by atoms with van der Waals surface area (Å²) in [7, 11) is 0. The van der Waals surface area contributed by atoms with E-state index in [1.807, 2.05) is 6.07 Å². The predicted molar refractivity (Wildman–Crippen MR) is 104 cm³/mol. The summed E-state index contributed by atoms with van der Waals surface area (Å²) in [4.78, 5) is 12.6. The molecule has 0 amide bonds. The molecule has 4 rings (SSSR count). The molecule has 3 heterocycles. The topological polar surface area (TPSA) is 166 Å². The zero-order chi connectivity index (χ0) is 21.3. The van der Waals surface area contributed by atoms with Gasteiger partial charge < -0.3 is 35.6 Å².